The van der Waals surface area contributed by atoms with Gasteiger partial charge in [-0.2, -0.15) is 0 Å². The Bertz CT molecular complexity index is 513. The average Bonchev–Trinajstić information content (AvgIpc) is 2.97. The number of nitrogens with one attached hydrogen (secondary N) is 1. The van der Waals surface area contributed by atoms with E-state index in [1.54, 1.807) is 0 Å². The lowest BCUT2D eigenvalue weighted by Crippen LogP contribution is -2.21. The Kier molecular flexibility index (Phi) is 4.77. The highest BCUT2D eigenvalue weighted by Gasteiger charge is 2.13. The van der Waals surface area contributed by atoms with Gasteiger partial charge in [-0.05, 0) is 38.4 Å². The number of rotatable bonds is 6. The van der Waals surface area contributed by atoms with E-state index in [0.717, 1.165) is 13.1 Å². The van der Waals surface area contributed by atoms with Crippen molar-refractivity contribution in [3.63, 3.8) is 0 Å². The van der Waals surface area contributed by atoms with Gasteiger partial charge in [0.15, 0.2) is 0 Å². The van der Waals surface area contributed by atoms with Crippen molar-refractivity contribution in [2.75, 3.05) is 6.54 Å². The molecule has 0 radical (unpaired) electrons. The Hall–Kier alpha value is -1.13. The quantitative estimate of drug-likeness (QED) is 0.874. The maximum absolute atomic E-state index is 4.30. The molecule has 0 bridgehead atoms. The van der Waals surface area contributed by atoms with Crippen LogP contribution in [0.25, 0.3) is 0 Å². The van der Waals surface area contributed by atoms with Crippen LogP contribution >= 0.6 is 11.3 Å². The van der Waals surface area contributed by atoms with Crippen molar-refractivity contribution in [2.24, 2.45) is 5.92 Å². The van der Waals surface area contributed by atoms with Crippen molar-refractivity contribution in [1.82, 2.24) is 14.9 Å². The first-order chi connectivity index (χ1) is 9.08. The standard InChI is InChI=1S/C15H23N3S/c1-11(2)7-16-8-14-9-17-10-18(14)13(4)15-6-5-12(3)19-15/h5-6,9-11,13,16H,7-8H2,1-4H3. The molecule has 104 valence electrons. The molecule has 0 spiro atoms. The van der Waals surface area contributed by atoms with Gasteiger partial charge in [0.1, 0.15) is 0 Å². The summed E-state index contributed by atoms with van der Waals surface area (Å²) >= 11 is 1.86. The zero-order valence-electron chi connectivity index (χ0n) is 12.2. The Labute approximate surface area is 119 Å². The molecule has 2 heterocycles. The van der Waals surface area contributed by atoms with Gasteiger partial charge in [0.25, 0.3) is 0 Å². The van der Waals surface area contributed by atoms with Crippen LogP contribution in [0.1, 0.15) is 42.3 Å². The van der Waals surface area contributed by atoms with E-state index in [9.17, 15) is 0 Å². The molecule has 2 aromatic heterocycles. The number of imidazole rings is 1. The van der Waals surface area contributed by atoms with Crippen molar-refractivity contribution < 1.29 is 0 Å². The van der Waals surface area contributed by atoms with Gasteiger partial charge in [-0.3, -0.25) is 0 Å². The average molecular weight is 277 g/mol. The third kappa shape index (κ3) is 3.67. The summed E-state index contributed by atoms with van der Waals surface area (Å²) in [6.07, 6.45) is 3.90. The summed E-state index contributed by atoms with van der Waals surface area (Å²) in [5, 5.41) is 3.48. The fraction of sp³-hybridized carbons (Fsp3) is 0.533. The van der Waals surface area contributed by atoms with Gasteiger partial charge in [0, 0.05) is 22.5 Å². The van der Waals surface area contributed by atoms with Crippen molar-refractivity contribution in [1.29, 1.82) is 0 Å². The molecule has 2 aromatic rings. The fourth-order valence-electron chi connectivity index (χ4n) is 2.12. The number of aromatic nitrogens is 2. The summed E-state index contributed by atoms with van der Waals surface area (Å²) in [5.74, 6) is 0.675. The lowest BCUT2D eigenvalue weighted by Gasteiger charge is -2.16. The van der Waals surface area contributed by atoms with Crippen molar-refractivity contribution in [3.05, 3.63) is 40.1 Å². The second-order valence-electron chi connectivity index (χ2n) is 5.44. The molecule has 0 aliphatic carbocycles. The first kappa shape index (κ1) is 14.3. The molecule has 3 nitrogen and oxygen atoms in total. The Morgan fingerprint density at radius 1 is 1.32 bits per heavy atom. The number of nitrogens with zero attached hydrogens (tertiary/aromatic N) is 2. The maximum Gasteiger partial charge on any atom is 0.0954 e. The SMILES string of the molecule is Cc1ccc(C(C)n2cncc2CNCC(C)C)s1. The van der Waals surface area contributed by atoms with E-state index in [0.29, 0.717) is 12.0 Å². The molecule has 0 saturated carbocycles. The minimum absolute atomic E-state index is 0.358. The second kappa shape index (κ2) is 6.35. The topological polar surface area (TPSA) is 29.9 Å². The van der Waals surface area contributed by atoms with Crippen LogP contribution in [-0.2, 0) is 6.54 Å². The van der Waals surface area contributed by atoms with Gasteiger partial charge in [-0.25, -0.2) is 4.98 Å². The number of thiophene rings is 1. The highest BCUT2D eigenvalue weighted by atomic mass is 32.1. The van der Waals surface area contributed by atoms with E-state index in [-0.39, 0.29) is 0 Å². The molecule has 0 saturated heterocycles. The zero-order chi connectivity index (χ0) is 13.8. The predicted molar refractivity (Wildman–Crippen MR) is 81.6 cm³/mol. The van der Waals surface area contributed by atoms with Gasteiger partial charge < -0.3 is 9.88 Å². The Balaban J connectivity index is 2.06. The molecule has 0 aliphatic rings. The molecule has 0 aromatic carbocycles. The summed E-state index contributed by atoms with van der Waals surface area (Å²) in [4.78, 5) is 7.05. The molecule has 0 amide bonds. The molecule has 2 rings (SSSR count). The van der Waals surface area contributed by atoms with Crippen LogP contribution in [-0.4, -0.2) is 16.1 Å². The van der Waals surface area contributed by atoms with Gasteiger partial charge in [0.2, 0.25) is 0 Å². The fourth-order valence-corrected chi connectivity index (χ4v) is 3.05. The molecule has 0 fully saturated rings. The Morgan fingerprint density at radius 2 is 2.11 bits per heavy atom. The summed E-state index contributed by atoms with van der Waals surface area (Å²) < 4.78 is 2.26. The largest absolute Gasteiger partial charge is 0.325 e. The monoisotopic (exact) mass is 277 g/mol. The summed E-state index contributed by atoms with van der Waals surface area (Å²) in [7, 11) is 0. The van der Waals surface area contributed by atoms with Gasteiger partial charge >= 0.3 is 0 Å². The first-order valence-electron chi connectivity index (χ1n) is 6.85. The molecular formula is C15H23N3S. The van der Waals surface area contributed by atoms with Gasteiger partial charge in [0.05, 0.1) is 18.1 Å². The zero-order valence-corrected chi connectivity index (χ0v) is 13.0. The van der Waals surface area contributed by atoms with Crippen LogP contribution in [0.15, 0.2) is 24.7 Å². The predicted octanol–water partition coefficient (Wildman–Crippen LogP) is 3.61. The molecule has 1 atom stereocenters. The minimum atomic E-state index is 0.358. The van der Waals surface area contributed by atoms with Crippen LogP contribution < -0.4 is 5.32 Å². The van der Waals surface area contributed by atoms with Crippen LogP contribution in [0.3, 0.4) is 0 Å². The van der Waals surface area contributed by atoms with Crippen LogP contribution in [0.2, 0.25) is 0 Å². The van der Waals surface area contributed by atoms with Crippen molar-refractivity contribution in [2.45, 2.75) is 40.3 Å². The maximum atomic E-state index is 4.30. The van der Waals surface area contributed by atoms with E-state index in [1.807, 2.05) is 23.9 Å². The van der Waals surface area contributed by atoms with Crippen LogP contribution in [0.4, 0.5) is 0 Å². The molecular weight excluding hydrogens is 254 g/mol. The molecule has 0 aliphatic heterocycles. The molecule has 1 N–H and O–H groups in total. The molecule has 19 heavy (non-hydrogen) atoms. The van der Waals surface area contributed by atoms with Gasteiger partial charge in [-0.1, -0.05) is 13.8 Å². The number of aryl methyl sites for hydroxylation is 1. The third-order valence-electron chi connectivity index (χ3n) is 3.20. The molecule has 4 heteroatoms. The summed E-state index contributed by atoms with van der Waals surface area (Å²) in [6, 6.07) is 4.76. The summed E-state index contributed by atoms with van der Waals surface area (Å²) in [6.45, 7) is 10.8. The van der Waals surface area contributed by atoms with Gasteiger partial charge in [-0.15, -0.1) is 11.3 Å². The number of hydrogen-bond donors (Lipinski definition) is 1. The van der Waals surface area contributed by atoms with Crippen molar-refractivity contribution >= 4 is 11.3 Å². The Morgan fingerprint density at radius 3 is 2.74 bits per heavy atom. The first-order valence-corrected chi connectivity index (χ1v) is 7.67. The normalized spacial score (nSPS) is 13.1. The lowest BCUT2D eigenvalue weighted by atomic mass is 10.2. The second-order valence-corrected chi connectivity index (χ2v) is 6.76. The minimum Gasteiger partial charge on any atom is -0.325 e. The molecule has 1 unspecified atom stereocenters. The highest BCUT2D eigenvalue weighted by Crippen LogP contribution is 2.26. The highest BCUT2D eigenvalue weighted by molar-refractivity contribution is 7.12. The number of hydrogen-bond acceptors (Lipinski definition) is 3. The van der Waals surface area contributed by atoms with Crippen LogP contribution in [0, 0.1) is 12.8 Å². The van der Waals surface area contributed by atoms with Crippen molar-refractivity contribution in [3.8, 4) is 0 Å². The van der Waals surface area contributed by atoms with E-state index in [4.69, 9.17) is 0 Å². The lowest BCUT2D eigenvalue weighted by molar-refractivity contribution is 0.527. The van der Waals surface area contributed by atoms with Crippen LogP contribution in [0.5, 0.6) is 0 Å². The van der Waals surface area contributed by atoms with E-state index in [1.165, 1.54) is 15.4 Å². The van der Waals surface area contributed by atoms with E-state index in [2.05, 4.69) is 54.7 Å². The smallest absolute Gasteiger partial charge is 0.0954 e. The van der Waals surface area contributed by atoms with E-state index < -0.39 is 0 Å². The third-order valence-corrected chi connectivity index (χ3v) is 4.37. The summed E-state index contributed by atoms with van der Waals surface area (Å²) in [5.41, 5.74) is 1.25. The van der Waals surface area contributed by atoms with E-state index >= 15 is 0 Å².